The molecule has 2 atom stereocenters. The molecule has 226 valence electrons. The summed E-state index contributed by atoms with van der Waals surface area (Å²) < 4.78 is 13.3. The maximum Gasteiger partial charge on any atom is 0.326 e. The molecule has 0 saturated heterocycles. The number of rotatable bonds is 26. The summed E-state index contributed by atoms with van der Waals surface area (Å²) in [4.78, 5) is 58.4. The lowest BCUT2D eigenvalue weighted by Crippen LogP contribution is -2.41. The lowest BCUT2D eigenvalue weighted by atomic mass is 10.1. The van der Waals surface area contributed by atoms with Crippen LogP contribution in [0.15, 0.2) is 0 Å². The minimum atomic E-state index is -1.16. The fourth-order valence-electron chi connectivity index (χ4n) is 3.54. The third-order valence-electron chi connectivity index (χ3n) is 5.86. The minimum absolute atomic E-state index is 0.00526. The molecule has 0 aliphatic rings. The molecule has 0 bridgehead atoms. The number of carboxylic acids is 1. The number of Topliss-reactive ketones (excluding diaryl/α,β-unsaturated/α-hetero) is 1. The molecule has 0 aromatic carbocycles. The van der Waals surface area contributed by atoms with Crippen molar-refractivity contribution >= 4 is 42.3 Å². The first-order valence-electron chi connectivity index (χ1n) is 13.8. The molecule has 0 aliphatic heterocycles. The average molecular weight is 577 g/mol. The van der Waals surface area contributed by atoms with Crippen molar-refractivity contribution in [2.24, 2.45) is 0 Å². The van der Waals surface area contributed by atoms with E-state index in [0.717, 1.165) is 44.9 Å². The predicted octanol–water partition coefficient (Wildman–Crippen LogP) is 1.52. The van der Waals surface area contributed by atoms with Gasteiger partial charge in [-0.05, 0) is 39.0 Å². The van der Waals surface area contributed by atoms with Crippen molar-refractivity contribution in [2.45, 2.75) is 96.6 Å². The van der Waals surface area contributed by atoms with E-state index in [0.29, 0.717) is 13.0 Å². The quantitative estimate of drug-likeness (QED) is 0.0660. The lowest BCUT2D eigenvalue weighted by molar-refractivity contribution is -0.142. The van der Waals surface area contributed by atoms with E-state index < -0.39 is 12.0 Å². The standard InChI is InChI=1S/C26H48N4O8S/c1-3-4-5-6-7-11-24(33)29-22(26(35)36)12-13-23(32)28-15-16-37-17-18-38-19-25(34)27-14-9-8-10-21(30-39)20(2)31/h21-22,30,39H,3-19H2,1-2H3,(H,27,34)(H,28,32)(H,29,33)(H,35,36)/t21-,22?/m0/s1. The lowest BCUT2D eigenvalue weighted by Gasteiger charge is -2.14. The van der Waals surface area contributed by atoms with E-state index in [1.54, 1.807) is 0 Å². The van der Waals surface area contributed by atoms with Gasteiger partial charge in [-0.25, -0.2) is 4.79 Å². The average Bonchev–Trinajstić information content (AvgIpc) is 2.89. The van der Waals surface area contributed by atoms with Crippen LogP contribution < -0.4 is 20.7 Å². The van der Waals surface area contributed by atoms with Crippen molar-refractivity contribution in [2.75, 3.05) is 39.5 Å². The van der Waals surface area contributed by atoms with Crippen LogP contribution in [-0.4, -0.2) is 86.2 Å². The van der Waals surface area contributed by atoms with Gasteiger partial charge in [-0.2, -0.15) is 0 Å². The van der Waals surface area contributed by atoms with Crippen LogP contribution in [0.4, 0.5) is 0 Å². The van der Waals surface area contributed by atoms with Gasteiger partial charge >= 0.3 is 5.97 Å². The van der Waals surface area contributed by atoms with Crippen molar-refractivity contribution < 1.29 is 38.6 Å². The zero-order chi connectivity index (χ0) is 29.3. The van der Waals surface area contributed by atoms with Crippen LogP contribution in [0.25, 0.3) is 0 Å². The number of amides is 3. The number of hydrogen-bond donors (Lipinski definition) is 6. The maximum absolute atomic E-state index is 12.0. The van der Waals surface area contributed by atoms with Crippen LogP contribution in [-0.2, 0) is 33.4 Å². The molecule has 0 saturated carbocycles. The van der Waals surface area contributed by atoms with Crippen LogP contribution in [0.3, 0.4) is 0 Å². The Hall–Kier alpha value is -2.22. The molecule has 0 aromatic rings. The first kappa shape index (κ1) is 36.8. The monoisotopic (exact) mass is 576 g/mol. The van der Waals surface area contributed by atoms with Gasteiger partial charge in [0, 0.05) is 25.9 Å². The summed E-state index contributed by atoms with van der Waals surface area (Å²) in [5, 5.41) is 17.2. The van der Waals surface area contributed by atoms with Crippen molar-refractivity contribution in [1.82, 2.24) is 20.7 Å². The van der Waals surface area contributed by atoms with Gasteiger partial charge < -0.3 is 30.5 Å². The van der Waals surface area contributed by atoms with Gasteiger partial charge in [-0.3, -0.25) is 23.9 Å². The Morgan fingerprint density at radius 1 is 0.744 bits per heavy atom. The Morgan fingerprint density at radius 2 is 1.44 bits per heavy atom. The van der Waals surface area contributed by atoms with Crippen LogP contribution in [0.2, 0.25) is 0 Å². The number of carboxylic acid groups (broad SMARTS) is 1. The zero-order valence-corrected chi connectivity index (χ0v) is 24.3. The Kier molecular flexibility index (Phi) is 23.4. The van der Waals surface area contributed by atoms with E-state index in [4.69, 9.17) is 9.47 Å². The molecule has 0 radical (unpaired) electrons. The number of hydrogen-bond acceptors (Lipinski definition) is 9. The molecule has 0 rings (SSSR count). The number of aliphatic carboxylic acids is 1. The number of thiol groups is 1. The highest BCUT2D eigenvalue weighted by Gasteiger charge is 2.20. The molecule has 39 heavy (non-hydrogen) atoms. The molecule has 5 N–H and O–H groups in total. The van der Waals surface area contributed by atoms with Gasteiger partial charge in [0.2, 0.25) is 17.7 Å². The molecule has 0 heterocycles. The van der Waals surface area contributed by atoms with E-state index in [1.807, 2.05) is 0 Å². The van der Waals surface area contributed by atoms with Crippen LogP contribution >= 0.6 is 12.8 Å². The molecular formula is C26H48N4O8S. The maximum atomic E-state index is 12.0. The molecular weight excluding hydrogens is 528 g/mol. The Labute approximate surface area is 237 Å². The van der Waals surface area contributed by atoms with Crippen molar-refractivity contribution in [1.29, 1.82) is 0 Å². The Morgan fingerprint density at radius 3 is 2.10 bits per heavy atom. The summed E-state index contributed by atoms with van der Waals surface area (Å²) in [5.41, 5.74) is 0. The zero-order valence-electron chi connectivity index (χ0n) is 23.4. The van der Waals surface area contributed by atoms with E-state index >= 15 is 0 Å². The summed E-state index contributed by atoms with van der Waals surface area (Å²) in [6.45, 7) is 4.97. The second-order valence-corrected chi connectivity index (χ2v) is 9.57. The number of carbonyl (C=O) groups is 5. The van der Waals surface area contributed by atoms with Gasteiger partial charge in [0.25, 0.3) is 0 Å². The highest BCUT2D eigenvalue weighted by atomic mass is 32.1. The molecule has 1 unspecified atom stereocenters. The van der Waals surface area contributed by atoms with Crippen LogP contribution in [0, 0.1) is 0 Å². The first-order valence-corrected chi connectivity index (χ1v) is 14.3. The third kappa shape index (κ3) is 22.3. The highest BCUT2D eigenvalue weighted by molar-refractivity contribution is 7.78. The topological polar surface area (TPSA) is 172 Å². The van der Waals surface area contributed by atoms with Crippen molar-refractivity contribution in [3.63, 3.8) is 0 Å². The summed E-state index contributed by atoms with van der Waals surface area (Å²) >= 11 is 3.93. The second-order valence-electron chi connectivity index (χ2n) is 9.31. The normalized spacial score (nSPS) is 12.4. The van der Waals surface area contributed by atoms with E-state index in [2.05, 4.69) is 40.4 Å². The van der Waals surface area contributed by atoms with Crippen LogP contribution in [0.5, 0.6) is 0 Å². The summed E-state index contributed by atoms with van der Waals surface area (Å²) in [6, 6.07) is -1.38. The largest absolute Gasteiger partial charge is 0.480 e. The van der Waals surface area contributed by atoms with Gasteiger partial charge in [0.15, 0.2) is 0 Å². The van der Waals surface area contributed by atoms with Crippen LogP contribution in [0.1, 0.15) is 84.5 Å². The molecule has 13 heteroatoms. The molecule has 0 aromatic heterocycles. The predicted molar refractivity (Wildman–Crippen MR) is 150 cm³/mol. The van der Waals surface area contributed by atoms with Gasteiger partial charge in [0.1, 0.15) is 18.4 Å². The van der Waals surface area contributed by atoms with E-state index in [9.17, 15) is 29.1 Å². The summed E-state index contributed by atoms with van der Waals surface area (Å²) in [5.74, 6) is -2.01. The number of unbranched alkanes of at least 4 members (excludes halogenated alkanes) is 5. The second kappa shape index (κ2) is 24.8. The number of nitrogens with one attached hydrogen (secondary N) is 4. The molecule has 12 nitrogen and oxygen atoms in total. The Balaban J connectivity index is 3.76. The highest BCUT2D eigenvalue weighted by Crippen LogP contribution is 2.06. The van der Waals surface area contributed by atoms with Gasteiger partial charge in [-0.1, -0.05) is 45.4 Å². The fraction of sp³-hybridized carbons (Fsp3) is 0.808. The molecule has 0 aliphatic carbocycles. The van der Waals surface area contributed by atoms with Crippen molar-refractivity contribution in [3.05, 3.63) is 0 Å². The smallest absolute Gasteiger partial charge is 0.326 e. The first-order chi connectivity index (χ1) is 18.7. The number of ketones is 1. The number of ether oxygens (including phenoxy) is 2. The molecule has 3 amide bonds. The third-order valence-corrected chi connectivity index (χ3v) is 6.17. The minimum Gasteiger partial charge on any atom is -0.480 e. The van der Waals surface area contributed by atoms with E-state index in [1.165, 1.54) is 6.92 Å². The fourth-order valence-corrected chi connectivity index (χ4v) is 3.85. The molecule has 0 spiro atoms. The summed E-state index contributed by atoms with van der Waals surface area (Å²) in [6.07, 6.45) is 7.37. The van der Waals surface area contributed by atoms with Gasteiger partial charge in [-0.15, -0.1) is 0 Å². The van der Waals surface area contributed by atoms with E-state index in [-0.39, 0.29) is 81.8 Å². The van der Waals surface area contributed by atoms with Gasteiger partial charge in [0.05, 0.1) is 25.9 Å². The SMILES string of the molecule is CCCCCCCC(=O)NC(CCC(=O)NCCOCCOCC(=O)NCCCC[C@H](NS)C(C)=O)C(=O)O. The Bertz CT molecular complexity index is 726. The summed E-state index contributed by atoms with van der Waals surface area (Å²) in [7, 11) is 0. The molecule has 0 fully saturated rings. The van der Waals surface area contributed by atoms with Crippen molar-refractivity contribution in [3.8, 4) is 0 Å². The number of carbonyl (C=O) groups excluding carboxylic acids is 4.